The molecular weight excluding hydrogens is 294 g/mol. The third-order valence-electron chi connectivity index (χ3n) is 3.42. The molecule has 1 aromatic heterocycles. The predicted octanol–water partition coefficient (Wildman–Crippen LogP) is 2.95. The van der Waals surface area contributed by atoms with E-state index in [4.69, 9.17) is 16.3 Å². The molecule has 0 fully saturated rings. The third-order valence-corrected chi connectivity index (χ3v) is 3.66. The van der Waals surface area contributed by atoms with Gasteiger partial charge in [0.25, 0.3) is 0 Å². The number of aryl methyl sites for hydroxylation is 2. The van der Waals surface area contributed by atoms with Crippen LogP contribution in [0.15, 0.2) is 18.2 Å². The van der Waals surface area contributed by atoms with Gasteiger partial charge in [0.2, 0.25) is 0 Å². The summed E-state index contributed by atoms with van der Waals surface area (Å²) >= 11 is 6.02. The zero-order valence-electron chi connectivity index (χ0n) is 12.1. The minimum atomic E-state index is -0.440. The van der Waals surface area contributed by atoms with Crippen molar-refractivity contribution >= 4 is 34.4 Å². The Hall–Kier alpha value is -2.01. The molecular formula is C15H16ClNO4. The average molecular weight is 310 g/mol. The minimum Gasteiger partial charge on any atom is -0.469 e. The second-order valence-electron chi connectivity index (χ2n) is 4.60. The predicted molar refractivity (Wildman–Crippen MR) is 79.7 cm³/mol. The number of methoxy groups -OCH3 is 2. The first kappa shape index (κ1) is 15.4. The van der Waals surface area contributed by atoms with Crippen molar-refractivity contribution in [3.8, 4) is 0 Å². The molecule has 2 aromatic rings. The number of hydrogen-bond acceptors (Lipinski definition) is 4. The van der Waals surface area contributed by atoms with Crippen molar-refractivity contribution < 1.29 is 19.1 Å². The fraction of sp³-hybridized carbons (Fsp3) is 0.333. The second-order valence-corrected chi connectivity index (χ2v) is 5.04. The first-order valence-electron chi connectivity index (χ1n) is 6.43. The molecule has 6 heteroatoms. The second kappa shape index (κ2) is 6.18. The van der Waals surface area contributed by atoms with Gasteiger partial charge in [-0.2, -0.15) is 0 Å². The lowest BCUT2D eigenvalue weighted by Crippen LogP contribution is -2.14. The lowest BCUT2D eigenvalue weighted by Gasteiger charge is -2.09. The molecule has 112 valence electrons. The van der Waals surface area contributed by atoms with Crippen molar-refractivity contribution in [2.75, 3.05) is 14.2 Å². The van der Waals surface area contributed by atoms with Gasteiger partial charge in [-0.25, -0.2) is 4.79 Å². The largest absolute Gasteiger partial charge is 0.469 e. The molecule has 0 amide bonds. The van der Waals surface area contributed by atoms with Gasteiger partial charge in [0.15, 0.2) is 0 Å². The van der Waals surface area contributed by atoms with Crippen LogP contribution in [-0.4, -0.2) is 30.7 Å². The number of halogens is 1. The Morgan fingerprint density at radius 1 is 1.24 bits per heavy atom. The van der Waals surface area contributed by atoms with Crippen molar-refractivity contribution in [3.05, 3.63) is 34.5 Å². The van der Waals surface area contributed by atoms with Crippen LogP contribution in [0.25, 0.3) is 10.9 Å². The number of aromatic nitrogens is 1. The summed E-state index contributed by atoms with van der Waals surface area (Å²) in [6.07, 6.45) is 0.173. The van der Waals surface area contributed by atoms with Crippen LogP contribution >= 0.6 is 11.6 Å². The number of benzene rings is 1. The Balaban J connectivity index is 2.58. The maximum absolute atomic E-state index is 12.0. The molecule has 1 heterocycles. The number of esters is 2. The van der Waals surface area contributed by atoms with E-state index in [-0.39, 0.29) is 12.4 Å². The number of hydrogen-bond donors (Lipinski definition) is 0. The maximum Gasteiger partial charge on any atom is 0.354 e. The maximum atomic E-state index is 12.0. The zero-order valence-corrected chi connectivity index (χ0v) is 12.9. The molecule has 0 aliphatic carbocycles. The summed E-state index contributed by atoms with van der Waals surface area (Å²) in [6, 6.07) is 5.38. The summed E-state index contributed by atoms with van der Waals surface area (Å²) in [4.78, 5) is 23.4. The minimum absolute atomic E-state index is 0.173. The summed E-state index contributed by atoms with van der Waals surface area (Å²) in [6.45, 7) is 2.17. The van der Waals surface area contributed by atoms with Crippen molar-refractivity contribution in [2.24, 2.45) is 0 Å². The molecule has 0 bridgehead atoms. The van der Waals surface area contributed by atoms with E-state index in [1.54, 1.807) is 16.7 Å². The van der Waals surface area contributed by atoms with Gasteiger partial charge in [-0.1, -0.05) is 11.6 Å². The lowest BCUT2D eigenvalue weighted by atomic mass is 10.1. The highest BCUT2D eigenvalue weighted by Gasteiger charge is 2.21. The average Bonchev–Trinajstić information content (AvgIpc) is 2.76. The molecule has 0 saturated heterocycles. The van der Waals surface area contributed by atoms with Crippen molar-refractivity contribution in [1.29, 1.82) is 0 Å². The van der Waals surface area contributed by atoms with E-state index in [1.165, 1.54) is 14.2 Å². The number of carbonyl (C=O) groups is 2. The Bertz CT molecular complexity index is 705. The summed E-state index contributed by atoms with van der Waals surface area (Å²) in [5.41, 5.74) is 2.05. The smallest absolute Gasteiger partial charge is 0.354 e. The van der Waals surface area contributed by atoms with Gasteiger partial charge in [-0.15, -0.1) is 0 Å². The zero-order chi connectivity index (χ0) is 15.6. The van der Waals surface area contributed by atoms with E-state index in [9.17, 15) is 9.59 Å². The van der Waals surface area contributed by atoms with Gasteiger partial charge in [0, 0.05) is 22.5 Å². The Morgan fingerprint density at radius 3 is 2.57 bits per heavy atom. The fourth-order valence-electron chi connectivity index (χ4n) is 2.39. The first-order valence-corrected chi connectivity index (χ1v) is 6.80. The number of ether oxygens (including phenoxy) is 2. The van der Waals surface area contributed by atoms with E-state index in [0.29, 0.717) is 17.3 Å². The quantitative estimate of drug-likeness (QED) is 0.815. The molecule has 1 aromatic carbocycles. The van der Waals surface area contributed by atoms with Gasteiger partial charge in [-0.05, 0) is 30.7 Å². The molecule has 0 radical (unpaired) electrons. The van der Waals surface area contributed by atoms with E-state index < -0.39 is 5.97 Å². The molecule has 0 spiro atoms. The standard InChI is InChI=1S/C15H16ClNO4/c1-9-11-8-10(16)4-5-12(11)17(7-6-13(18)20-2)14(9)15(19)21-3/h4-5,8H,6-7H2,1-3H3. The Morgan fingerprint density at radius 2 is 1.95 bits per heavy atom. The van der Waals surface area contributed by atoms with Gasteiger partial charge in [-0.3, -0.25) is 4.79 Å². The number of nitrogens with zero attached hydrogens (tertiary/aromatic N) is 1. The SMILES string of the molecule is COC(=O)CCn1c(C(=O)OC)c(C)c2cc(Cl)ccc21. The van der Waals surface area contributed by atoms with Crippen LogP contribution in [0.5, 0.6) is 0 Å². The van der Waals surface area contributed by atoms with Gasteiger partial charge < -0.3 is 14.0 Å². The van der Waals surface area contributed by atoms with Gasteiger partial charge >= 0.3 is 11.9 Å². The van der Waals surface area contributed by atoms with E-state index in [0.717, 1.165) is 16.5 Å². The van der Waals surface area contributed by atoms with E-state index >= 15 is 0 Å². The highest BCUT2D eigenvalue weighted by Crippen LogP contribution is 2.29. The highest BCUT2D eigenvalue weighted by molar-refractivity contribution is 6.31. The molecule has 0 aliphatic heterocycles. The summed E-state index contributed by atoms with van der Waals surface area (Å²) in [5, 5.41) is 1.46. The molecule has 0 aliphatic rings. The molecule has 5 nitrogen and oxygen atoms in total. The topological polar surface area (TPSA) is 57.5 Å². The monoisotopic (exact) mass is 309 g/mol. The molecule has 0 N–H and O–H groups in total. The summed E-state index contributed by atoms with van der Waals surface area (Å²) in [5.74, 6) is -0.774. The number of fused-ring (bicyclic) bond motifs is 1. The van der Waals surface area contributed by atoms with Crippen molar-refractivity contribution in [1.82, 2.24) is 4.57 Å². The van der Waals surface area contributed by atoms with Crippen LogP contribution in [0.1, 0.15) is 22.5 Å². The van der Waals surface area contributed by atoms with Crippen LogP contribution in [-0.2, 0) is 20.8 Å². The Kier molecular flexibility index (Phi) is 4.53. The molecule has 21 heavy (non-hydrogen) atoms. The number of carbonyl (C=O) groups excluding carboxylic acids is 2. The van der Waals surface area contributed by atoms with Crippen LogP contribution in [0.4, 0.5) is 0 Å². The first-order chi connectivity index (χ1) is 9.99. The van der Waals surface area contributed by atoms with E-state index in [2.05, 4.69) is 4.74 Å². The molecule has 2 rings (SSSR count). The van der Waals surface area contributed by atoms with Crippen LogP contribution in [0.2, 0.25) is 5.02 Å². The van der Waals surface area contributed by atoms with Crippen molar-refractivity contribution in [2.45, 2.75) is 19.9 Å². The van der Waals surface area contributed by atoms with Gasteiger partial charge in [0.1, 0.15) is 5.69 Å². The molecule has 0 saturated carbocycles. The molecule has 0 atom stereocenters. The molecule has 0 unspecified atom stereocenters. The normalized spacial score (nSPS) is 10.7. The highest BCUT2D eigenvalue weighted by atomic mass is 35.5. The van der Waals surface area contributed by atoms with E-state index in [1.807, 2.05) is 13.0 Å². The lowest BCUT2D eigenvalue weighted by molar-refractivity contribution is -0.140. The van der Waals surface area contributed by atoms with Crippen molar-refractivity contribution in [3.63, 3.8) is 0 Å². The van der Waals surface area contributed by atoms with Crippen LogP contribution in [0.3, 0.4) is 0 Å². The Labute approximate surface area is 127 Å². The van der Waals surface area contributed by atoms with Crippen LogP contribution in [0, 0.1) is 6.92 Å². The summed E-state index contributed by atoms with van der Waals surface area (Å²) < 4.78 is 11.3. The number of rotatable bonds is 4. The fourth-order valence-corrected chi connectivity index (χ4v) is 2.56. The third kappa shape index (κ3) is 2.88. The van der Waals surface area contributed by atoms with Gasteiger partial charge in [0.05, 0.1) is 20.6 Å². The summed E-state index contributed by atoms with van der Waals surface area (Å²) in [7, 11) is 2.67. The van der Waals surface area contributed by atoms with Crippen LogP contribution < -0.4 is 0 Å².